The molecule has 0 saturated heterocycles. The van der Waals surface area contributed by atoms with Gasteiger partial charge in [0, 0.05) is 12.7 Å². The molecule has 0 aliphatic carbocycles. The van der Waals surface area contributed by atoms with E-state index in [4.69, 9.17) is 9.94 Å². The van der Waals surface area contributed by atoms with Crippen LogP contribution in [-0.2, 0) is 4.74 Å². The summed E-state index contributed by atoms with van der Waals surface area (Å²) in [5, 5.41) is 11.7. The molecule has 0 fully saturated rings. The fourth-order valence-electron chi connectivity index (χ4n) is 1.08. The lowest BCUT2D eigenvalue weighted by atomic mass is 10.1. The first-order valence-corrected chi connectivity index (χ1v) is 4.15. The van der Waals surface area contributed by atoms with Crippen molar-refractivity contribution in [2.45, 2.75) is 6.92 Å². The van der Waals surface area contributed by atoms with Gasteiger partial charge in [-0.3, -0.25) is 0 Å². The van der Waals surface area contributed by atoms with Crippen LogP contribution < -0.4 is 0 Å². The van der Waals surface area contributed by atoms with Crippen molar-refractivity contribution in [2.75, 3.05) is 13.7 Å². The number of hydrogen-bond donors (Lipinski definition) is 1. The van der Waals surface area contributed by atoms with Crippen LogP contribution in [0.2, 0.25) is 0 Å². The lowest BCUT2D eigenvalue weighted by Crippen LogP contribution is -2.09. The van der Waals surface area contributed by atoms with Gasteiger partial charge in [0.25, 0.3) is 0 Å². The average Bonchev–Trinajstić information content (AvgIpc) is 2.19. The molecule has 0 aromatic heterocycles. The molecule has 0 saturated carbocycles. The molecule has 0 amide bonds. The molecule has 1 rings (SSSR count). The first-order valence-electron chi connectivity index (χ1n) is 4.15. The predicted molar refractivity (Wildman–Crippen MR) is 51.3 cm³/mol. The van der Waals surface area contributed by atoms with E-state index in [1.54, 1.807) is 19.1 Å². The normalized spacial score (nSPS) is 11.8. The highest BCUT2D eigenvalue weighted by Gasteiger charge is 2.06. The van der Waals surface area contributed by atoms with E-state index in [2.05, 4.69) is 5.16 Å². The SMILES string of the molecule is COCC(=NO)c1ccc(C)c(F)c1. The van der Waals surface area contributed by atoms with Crippen molar-refractivity contribution in [2.24, 2.45) is 5.16 Å². The van der Waals surface area contributed by atoms with Gasteiger partial charge in [0.2, 0.25) is 0 Å². The van der Waals surface area contributed by atoms with E-state index < -0.39 is 0 Å². The molecule has 1 aromatic rings. The molecule has 14 heavy (non-hydrogen) atoms. The summed E-state index contributed by atoms with van der Waals surface area (Å²) in [5.74, 6) is -0.320. The van der Waals surface area contributed by atoms with Gasteiger partial charge in [-0.25, -0.2) is 4.39 Å². The van der Waals surface area contributed by atoms with E-state index in [1.807, 2.05) is 0 Å². The topological polar surface area (TPSA) is 41.8 Å². The Morgan fingerprint density at radius 1 is 1.57 bits per heavy atom. The zero-order chi connectivity index (χ0) is 10.6. The highest BCUT2D eigenvalue weighted by Crippen LogP contribution is 2.10. The van der Waals surface area contributed by atoms with Gasteiger partial charge in [0.05, 0.1) is 6.61 Å². The van der Waals surface area contributed by atoms with Crippen molar-refractivity contribution in [3.8, 4) is 0 Å². The predicted octanol–water partition coefficient (Wildman–Crippen LogP) is 1.96. The van der Waals surface area contributed by atoms with Crippen LogP contribution in [0, 0.1) is 12.7 Å². The molecule has 1 N–H and O–H groups in total. The Labute approximate surface area is 81.8 Å². The summed E-state index contributed by atoms with van der Waals surface area (Å²) in [5.41, 5.74) is 1.40. The zero-order valence-corrected chi connectivity index (χ0v) is 8.12. The second-order valence-corrected chi connectivity index (χ2v) is 2.94. The average molecular weight is 197 g/mol. The van der Waals surface area contributed by atoms with Crippen LogP contribution in [0.15, 0.2) is 23.4 Å². The quantitative estimate of drug-likeness (QED) is 0.457. The minimum atomic E-state index is -0.320. The fourth-order valence-corrected chi connectivity index (χ4v) is 1.08. The molecule has 0 unspecified atom stereocenters. The van der Waals surface area contributed by atoms with Crippen molar-refractivity contribution in [3.05, 3.63) is 35.1 Å². The number of benzene rings is 1. The number of halogens is 1. The second kappa shape index (κ2) is 4.72. The van der Waals surface area contributed by atoms with Gasteiger partial charge in [-0.05, 0) is 18.6 Å². The molecule has 0 atom stereocenters. The van der Waals surface area contributed by atoms with E-state index in [-0.39, 0.29) is 12.4 Å². The number of aryl methyl sites for hydroxylation is 1. The summed E-state index contributed by atoms with van der Waals surface area (Å²) in [7, 11) is 1.48. The van der Waals surface area contributed by atoms with E-state index in [0.717, 1.165) is 0 Å². The Kier molecular flexibility index (Phi) is 3.59. The Hall–Kier alpha value is -1.42. The van der Waals surface area contributed by atoms with Crippen LogP contribution in [0.4, 0.5) is 4.39 Å². The molecular weight excluding hydrogens is 185 g/mol. The van der Waals surface area contributed by atoms with E-state index in [9.17, 15) is 4.39 Å². The Morgan fingerprint density at radius 3 is 2.79 bits per heavy atom. The highest BCUT2D eigenvalue weighted by atomic mass is 19.1. The Bertz CT molecular complexity index is 350. The van der Waals surface area contributed by atoms with E-state index in [0.29, 0.717) is 16.8 Å². The summed E-state index contributed by atoms with van der Waals surface area (Å²) in [6, 6.07) is 4.64. The Morgan fingerprint density at radius 2 is 2.29 bits per heavy atom. The van der Waals surface area contributed by atoms with Gasteiger partial charge in [-0.15, -0.1) is 0 Å². The van der Waals surface area contributed by atoms with Gasteiger partial charge < -0.3 is 9.94 Å². The lowest BCUT2D eigenvalue weighted by molar-refractivity contribution is 0.238. The Balaban J connectivity index is 3.00. The third-order valence-electron chi connectivity index (χ3n) is 1.91. The van der Waals surface area contributed by atoms with Crippen LogP contribution in [0.1, 0.15) is 11.1 Å². The monoisotopic (exact) mass is 197 g/mol. The molecule has 76 valence electrons. The van der Waals surface area contributed by atoms with Crippen molar-refractivity contribution >= 4 is 5.71 Å². The van der Waals surface area contributed by atoms with Crippen LogP contribution in [-0.4, -0.2) is 24.6 Å². The summed E-state index contributed by atoms with van der Waals surface area (Å²) >= 11 is 0. The molecule has 0 bridgehead atoms. The fraction of sp³-hybridized carbons (Fsp3) is 0.300. The molecular formula is C10H12FNO2. The molecule has 1 aromatic carbocycles. The van der Waals surface area contributed by atoms with Crippen molar-refractivity contribution in [1.82, 2.24) is 0 Å². The smallest absolute Gasteiger partial charge is 0.126 e. The summed E-state index contributed by atoms with van der Waals surface area (Å²) < 4.78 is 17.9. The number of nitrogens with zero attached hydrogens (tertiary/aromatic N) is 1. The minimum absolute atomic E-state index is 0.152. The molecule has 0 aliphatic rings. The van der Waals surface area contributed by atoms with E-state index >= 15 is 0 Å². The number of hydrogen-bond acceptors (Lipinski definition) is 3. The third kappa shape index (κ3) is 2.29. The van der Waals surface area contributed by atoms with Crippen LogP contribution in [0.3, 0.4) is 0 Å². The molecule has 0 spiro atoms. The summed E-state index contributed by atoms with van der Waals surface area (Å²) in [6.45, 7) is 1.82. The zero-order valence-electron chi connectivity index (χ0n) is 8.12. The summed E-state index contributed by atoms with van der Waals surface area (Å²) in [6.07, 6.45) is 0. The van der Waals surface area contributed by atoms with Gasteiger partial charge in [-0.2, -0.15) is 0 Å². The van der Waals surface area contributed by atoms with E-state index in [1.165, 1.54) is 13.2 Å². The van der Waals surface area contributed by atoms with Crippen molar-refractivity contribution in [3.63, 3.8) is 0 Å². The number of methoxy groups -OCH3 is 1. The molecule has 4 heteroatoms. The number of oxime groups is 1. The van der Waals surface area contributed by atoms with Gasteiger partial charge in [-0.1, -0.05) is 17.3 Å². The summed E-state index contributed by atoms with van der Waals surface area (Å²) in [4.78, 5) is 0. The second-order valence-electron chi connectivity index (χ2n) is 2.94. The minimum Gasteiger partial charge on any atom is -0.411 e. The van der Waals surface area contributed by atoms with Crippen molar-refractivity contribution in [1.29, 1.82) is 0 Å². The maximum atomic E-state index is 13.1. The highest BCUT2D eigenvalue weighted by molar-refractivity contribution is 6.01. The maximum absolute atomic E-state index is 13.1. The van der Waals surface area contributed by atoms with Gasteiger partial charge in [0.15, 0.2) is 0 Å². The molecule has 0 aliphatic heterocycles. The number of ether oxygens (including phenoxy) is 1. The lowest BCUT2D eigenvalue weighted by Gasteiger charge is -2.04. The van der Waals surface area contributed by atoms with Gasteiger partial charge in [0.1, 0.15) is 11.5 Å². The van der Waals surface area contributed by atoms with Gasteiger partial charge >= 0.3 is 0 Å². The largest absolute Gasteiger partial charge is 0.411 e. The first-order chi connectivity index (χ1) is 6.69. The molecule has 0 radical (unpaired) electrons. The van der Waals surface area contributed by atoms with Crippen LogP contribution >= 0.6 is 0 Å². The number of rotatable bonds is 3. The van der Waals surface area contributed by atoms with Crippen molar-refractivity contribution < 1.29 is 14.3 Å². The first kappa shape index (κ1) is 10.7. The van der Waals surface area contributed by atoms with Crippen LogP contribution in [0.5, 0.6) is 0 Å². The third-order valence-corrected chi connectivity index (χ3v) is 1.91. The molecule has 3 nitrogen and oxygen atoms in total. The standard InChI is InChI=1S/C10H12FNO2/c1-7-3-4-8(5-9(7)11)10(12-13)6-14-2/h3-5,13H,6H2,1-2H3. The maximum Gasteiger partial charge on any atom is 0.126 e. The van der Waals surface area contributed by atoms with Crippen LogP contribution in [0.25, 0.3) is 0 Å². The molecule has 0 heterocycles.